The van der Waals surface area contributed by atoms with E-state index in [0.29, 0.717) is 9.82 Å². The second-order valence-corrected chi connectivity index (χ2v) is 6.54. The molecule has 0 spiro atoms. The maximum Gasteiger partial charge on any atom is 0.245 e. The van der Waals surface area contributed by atoms with Gasteiger partial charge in [0.05, 0.1) is 10.6 Å². The standard InChI is InChI=1S/C18H15ClN2OS/c1-12(22)20-18-21(2)16(13-8-10-15(19)11-9-13)17(23-18)14-6-4-3-5-7-14/h3-11H,1-2H3. The number of halogens is 1. The van der Waals surface area contributed by atoms with Crippen LogP contribution in [0.1, 0.15) is 6.92 Å². The second kappa shape index (κ2) is 6.52. The molecule has 1 heterocycles. The van der Waals surface area contributed by atoms with Crippen molar-refractivity contribution >= 4 is 28.8 Å². The van der Waals surface area contributed by atoms with Gasteiger partial charge in [0.2, 0.25) is 5.91 Å². The zero-order valence-corrected chi connectivity index (χ0v) is 14.4. The lowest BCUT2D eigenvalue weighted by Crippen LogP contribution is -2.13. The molecule has 0 atom stereocenters. The molecule has 3 nitrogen and oxygen atoms in total. The number of thiazole rings is 1. The first kappa shape index (κ1) is 15.7. The first-order chi connectivity index (χ1) is 11.1. The summed E-state index contributed by atoms with van der Waals surface area (Å²) >= 11 is 7.51. The minimum Gasteiger partial charge on any atom is -0.319 e. The SMILES string of the molecule is CC(=O)N=c1sc(-c2ccccc2)c(-c2ccc(Cl)cc2)n1C. The van der Waals surface area contributed by atoms with Crippen LogP contribution in [-0.2, 0) is 11.8 Å². The Balaban J connectivity index is 2.30. The molecule has 0 aliphatic carbocycles. The minimum absolute atomic E-state index is 0.205. The van der Waals surface area contributed by atoms with Crippen molar-refractivity contribution in [2.75, 3.05) is 0 Å². The van der Waals surface area contributed by atoms with Gasteiger partial charge in [0.15, 0.2) is 4.80 Å². The summed E-state index contributed by atoms with van der Waals surface area (Å²) in [6.45, 7) is 1.46. The zero-order valence-electron chi connectivity index (χ0n) is 12.8. The van der Waals surface area contributed by atoms with Crippen LogP contribution in [0.15, 0.2) is 59.6 Å². The van der Waals surface area contributed by atoms with E-state index >= 15 is 0 Å². The number of aromatic nitrogens is 1. The Morgan fingerprint density at radius 2 is 1.70 bits per heavy atom. The number of carbonyl (C=O) groups excluding carboxylic acids is 1. The number of hydrogen-bond donors (Lipinski definition) is 0. The van der Waals surface area contributed by atoms with Crippen molar-refractivity contribution in [2.45, 2.75) is 6.92 Å². The summed E-state index contributed by atoms with van der Waals surface area (Å²) in [6, 6.07) is 17.8. The lowest BCUT2D eigenvalue weighted by atomic mass is 10.1. The van der Waals surface area contributed by atoms with Gasteiger partial charge in [-0.3, -0.25) is 4.79 Å². The smallest absolute Gasteiger partial charge is 0.245 e. The van der Waals surface area contributed by atoms with E-state index in [1.165, 1.54) is 18.3 Å². The molecule has 0 unspecified atom stereocenters. The average Bonchev–Trinajstić information content (AvgIpc) is 2.85. The number of amides is 1. The van der Waals surface area contributed by atoms with Crippen LogP contribution in [0, 0.1) is 0 Å². The Hall–Kier alpha value is -2.17. The van der Waals surface area contributed by atoms with Crippen LogP contribution in [0.25, 0.3) is 21.7 Å². The first-order valence-corrected chi connectivity index (χ1v) is 8.32. The van der Waals surface area contributed by atoms with E-state index in [9.17, 15) is 4.79 Å². The summed E-state index contributed by atoms with van der Waals surface area (Å²) in [5.41, 5.74) is 3.16. The Morgan fingerprint density at radius 1 is 1.04 bits per heavy atom. The number of rotatable bonds is 2. The van der Waals surface area contributed by atoms with Gasteiger partial charge in [-0.15, -0.1) is 0 Å². The van der Waals surface area contributed by atoms with Gasteiger partial charge in [-0.05, 0) is 23.3 Å². The third-order valence-corrected chi connectivity index (χ3v) is 4.87. The highest BCUT2D eigenvalue weighted by molar-refractivity contribution is 7.13. The normalized spacial score (nSPS) is 11.7. The quantitative estimate of drug-likeness (QED) is 0.674. The molecule has 0 saturated carbocycles. The van der Waals surface area contributed by atoms with Gasteiger partial charge >= 0.3 is 0 Å². The topological polar surface area (TPSA) is 34.4 Å². The fourth-order valence-electron chi connectivity index (χ4n) is 2.41. The van der Waals surface area contributed by atoms with Crippen molar-refractivity contribution in [3.8, 4) is 21.7 Å². The molecule has 2 aromatic carbocycles. The summed E-state index contributed by atoms with van der Waals surface area (Å²) in [5.74, 6) is -0.205. The monoisotopic (exact) mass is 342 g/mol. The first-order valence-electron chi connectivity index (χ1n) is 7.13. The van der Waals surface area contributed by atoms with Crippen LogP contribution in [0.4, 0.5) is 0 Å². The molecular weight excluding hydrogens is 328 g/mol. The lowest BCUT2D eigenvalue weighted by Gasteiger charge is -2.07. The van der Waals surface area contributed by atoms with Crippen LogP contribution in [0.2, 0.25) is 5.02 Å². The predicted octanol–water partition coefficient (Wildman–Crippen LogP) is 4.52. The van der Waals surface area contributed by atoms with E-state index in [0.717, 1.165) is 21.7 Å². The molecule has 116 valence electrons. The highest BCUT2D eigenvalue weighted by atomic mass is 35.5. The zero-order chi connectivity index (χ0) is 16.4. The van der Waals surface area contributed by atoms with Gasteiger partial charge in [0.25, 0.3) is 0 Å². The van der Waals surface area contributed by atoms with Gasteiger partial charge in [0.1, 0.15) is 0 Å². The summed E-state index contributed by atoms with van der Waals surface area (Å²) in [7, 11) is 1.93. The summed E-state index contributed by atoms with van der Waals surface area (Å²) in [5, 5.41) is 0.696. The Bertz CT molecular complexity index is 908. The van der Waals surface area contributed by atoms with Gasteiger partial charge in [0, 0.05) is 19.0 Å². The Labute approximate surface area is 143 Å². The molecule has 5 heteroatoms. The average molecular weight is 343 g/mol. The molecule has 0 bridgehead atoms. The van der Waals surface area contributed by atoms with Gasteiger partial charge in [-0.2, -0.15) is 4.99 Å². The van der Waals surface area contributed by atoms with Crippen molar-refractivity contribution in [1.29, 1.82) is 0 Å². The Kier molecular flexibility index (Phi) is 4.46. The van der Waals surface area contributed by atoms with Crippen LogP contribution >= 0.6 is 22.9 Å². The highest BCUT2D eigenvalue weighted by Gasteiger charge is 2.15. The van der Waals surface area contributed by atoms with E-state index in [1.807, 2.05) is 54.1 Å². The summed E-state index contributed by atoms with van der Waals surface area (Å²) in [6.07, 6.45) is 0. The number of hydrogen-bond acceptors (Lipinski definition) is 2. The molecule has 0 radical (unpaired) electrons. The van der Waals surface area contributed by atoms with Crippen LogP contribution in [-0.4, -0.2) is 10.5 Å². The number of carbonyl (C=O) groups is 1. The van der Waals surface area contributed by atoms with E-state index < -0.39 is 0 Å². The van der Waals surface area contributed by atoms with Crippen molar-refractivity contribution in [3.63, 3.8) is 0 Å². The lowest BCUT2D eigenvalue weighted by molar-refractivity contribution is -0.116. The maximum atomic E-state index is 11.4. The fraction of sp³-hybridized carbons (Fsp3) is 0.111. The van der Waals surface area contributed by atoms with Gasteiger partial charge in [-0.1, -0.05) is 65.4 Å². The minimum atomic E-state index is -0.205. The van der Waals surface area contributed by atoms with Crippen molar-refractivity contribution in [1.82, 2.24) is 4.57 Å². The predicted molar refractivity (Wildman–Crippen MR) is 95.4 cm³/mol. The molecule has 0 aliphatic heterocycles. The molecule has 1 amide bonds. The molecular formula is C18H15ClN2OS. The maximum absolute atomic E-state index is 11.4. The second-order valence-electron chi connectivity index (χ2n) is 5.13. The molecule has 1 aromatic heterocycles. The Morgan fingerprint density at radius 3 is 2.30 bits per heavy atom. The number of nitrogens with zero attached hydrogens (tertiary/aromatic N) is 2. The third-order valence-electron chi connectivity index (χ3n) is 3.44. The highest BCUT2D eigenvalue weighted by Crippen LogP contribution is 2.34. The summed E-state index contributed by atoms with van der Waals surface area (Å²) in [4.78, 5) is 17.3. The fourth-order valence-corrected chi connectivity index (χ4v) is 3.72. The van der Waals surface area contributed by atoms with Crippen molar-refractivity contribution in [2.24, 2.45) is 12.0 Å². The van der Waals surface area contributed by atoms with Gasteiger partial charge in [-0.25, -0.2) is 0 Å². The van der Waals surface area contributed by atoms with E-state index in [2.05, 4.69) is 17.1 Å². The van der Waals surface area contributed by atoms with Crippen molar-refractivity contribution < 1.29 is 4.79 Å². The molecule has 23 heavy (non-hydrogen) atoms. The van der Waals surface area contributed by atoms with Crippen LogP contribution in [0.3, 0.4) is 0 Å². The summed E-state index contributed by atoms with van der Waals surface area (Å²) < 4.78 is 1.96. The van der Waals surface area contributed by atoms with Crippen LogP contribution < -0.4 is 4.80 Å². The molecule has 0 aliphatic rings. The van der Waals surface area contributed by atoms with Crippen molar-refractivity contribution in [3.05, 3.63) is 64.4 Å². The molecule has 0 saturated heterocycles. The molecule has 0 fully saturated rings. The van der Waals surface area contributed by atoms with Crippen LogP contribution in [0.5, 0.6) is 0 Å². The van der Waals surface area contributed by atoms with Gasteiger partial charge < -0.3 is 4.57 Å². The number of benzene rings is 2. The molecule has 0 N–H and O–H groups in total. The van der Waals surface area contributed by atoms with E-state index in [-0.39, 0.29) is 5.91 Å². The molecule has 3 rings (SSSR count). The van der Waals surface area contributed by atoms with E-state index in [4.69, 9.17) is 11.6 Å². The third kappa shape index (κ3) is 3.28. The molecule has 3 aromatic rings. The largest absolute Gasteiger partial charge is 0.319 e. The van der Waals surface area contributed by atoms with E-state index in [1.54, 1.807) is 0 Å².